The van der Waals surface area contributed by atoms with Gasteiger partial charge in [-0.05, 0) is 51.1 Å². The third-order valence-electron chi connectivity index (χ3n) is 4.06. The molecule has 4 nitrogen and oxygen atoms in total. The lowest BCUT2D eigenvalue weighted by atomic mass is 9.96. The second kappa shape index (κ2) is 5.83. The minimum absolute atomic E-state index is 0.0441. The highest BCUT2D eigenvalue weighted by Crippen LogP contribution is 2.31. The third kappa shape index (κ3) is 3.42. The maximum atomic E-state index is 11.5. The van der Waals surface area contributed by atoms with Gasteiger partial charge in [-0.2, -0.15) is 0 Å². The topological polar surface area (TPSA) is 58.4 Å². The largest absolute Gasteiger partial charge is 0.368 e. The van der Waals surface area contributed by atoms with Crippen molar-refractivity contribution in [3.8, 4) is 0 Å². The number of hydrogen-bond donors (Lipinski definition) is 2. The zero-order valence-electron chi connectivity index (χ0n) is 10.8. The van der Waals surface area contributed by atoms with Crippen molar-refractivity contribution in [2.45, 2.75) is 51.1 Å². The van der Waals surface area contributed by atoms with Gasteiger partial charge in [-0.3, -0.25) is 9.69 Å². The van der Waals surface area contributed by atoms with Crippen LogP contribution in [0.4, 0.5) is 0 Å². The molecule has 1 saturated carbocycles. The van der Waals surface area contributed by atoms with Gasteiger partial charge >= 0.3 is 0 Å². The average Bonchev–Trinajstić information content (AvgIpc) is 3.13. The van der Waals surface area contributed by atoms with Gasteiger partial charge < -0.3 is 11.1 Å². The molecule has 0 bridgehead atoms. The molecule has 1 aliphatic carbocycles. The molecule has 4 heteroatoms. The Hall–Kier alpha value is -0.610. The maximum absolute atomic E-state index is 11.5. The Morgan fingerprint density at radius 2 is 2.00 bits per heavy atom. The number of piperidine rings is 1. The van der Waals surface area contributed by atoms with Crippen molar-refractivity contribution in [2.24, 2.45) is 11.7 Å². The van der Waals surface area contributed by atoms with Crippen molar-refractivity contribution in [1.82, 2.24) is 10.2 Å². The van der Waals surface area contributed by atoms with E-state index in [1.165, 1.54) is 25.7 Å². The molecule has 1 aliphatic heterocycles. The Morgan fingerprint density at radius 1 is 1.35 bits per heavy atom. The average molecular weight is 239 g/mol. The zero-order chi connectivity index (χ0) is 12.3. The van der Waals surface area contributed by atoms with Crippen molar-refractivity contribution >= 4 is 5.91 Å². The van der Waals surface area contributed by atoms with Gasteiger partial charge in [0.25, 0.3) is 0 Å². The summed E-state index contributed by atoms with van der Waals surface area (Å²) in [5.41, 5.74) is 5.53. The third-order valence-corrected chi connectivity index (χ3v) is 4.06. The molecule has 98 valence electrons. The first kappa shape index (κ1) is 12.8. The lowest BCUT2D eigenvalue weighted by molar-refractivity contribution is -0.124. The highest BCUT2D eigenvalue weighted by atomic mass is 16.1. The number of amides is 1. The van der Waals surface area contributed by atoms with Crippen LogP contribution in [0.25, 0.3) is 0 Å². The number of nitrogens with zero attached hydrogens (tertiary/aromatic N) is 1. The molecule has 2 aliphatic rings. The molecule has 3 N–H and O–H groups in total. The molecule has 2 fully saturated rings. The Bertz CT molecular complexity index is 259. The van der Waals surface area contributed by atoms with Gasteiger partial charge in [0.15, 0.2) is 0 Å². The molecule has 0 spiro atoms. The van der Waals surface area contributed by atoms with Crippen molar-refractivity contribution in [2.75, 3.05) is 19.6 Å². The molecule has 1 unspecified atom stereocenters. The van der Waals surface area contributed by atoms with Crippen molar-refractivity contribution in [3.05, 3.63) is 0 Å². The summed E-state index contributed by atoms with van der Waals surface area (Å²) in [7, 11) is 0. The normalized spacial score (nSPS) is 23.9. The van der Waals surface area contributed by atoms with E-state index in [4.69, 9.17) is 5.73 Å². The quantitative estimate of drug-likeness (QED) is 0.718. The summed E-state index contributed by atoms with van der Waals surface area (Å²) in [6.07, 6.45) is 5.80. The van der Waals surface area contributed by atoms with Crippen LogP contribution in [0.15, 0.2) is 0 Å². The van der Waals surface area contributed by atoms with Crippen LogP contribution in [0.1, 0.15) is 39.0 Å². The zero-order valence-corrected chi connectivity index (χ0v) is 10.8. The van der Waals surface area contributed by atoms with Gasteiger partial charge in [0.05, 0.1) is 6.04 Å². The SMILES string of the molecule is CCC(C(N)=O)N(CC1CCNCC1)C1CC1. The molecule has 0 radical (unpaired) electrons. The Labute approximate surface area is 104 Å². The first-order valence-corrected chi connectivity index (χ1v) is 6.98. The second-order valence-electron chi connectivity index (χ2n) is 5.45. The van der Waals surface area contributed by atoms with E-state index in [1.807, 2.05) is 0 Å². The number of carbonyl (C=O) groups excluding carboxylic acids is 1. The van der Waals surface area contributed by atoms with Crippen LogP contribution in [-0.4, -0.2) is 42.5 Å². The smallest absolute Gasteiger partial charge is 0.234 e. The number of carbonyl (C=O) groups is 1. The van der Waals surface area contributed by atoms with Crippen LogP contribution in [-0.2, 0) is 4.79 Å². The predicted molar refractivity (Wildman–Crippen MR) is 68.6 cm³/mol. The van der Waals surface area contributed by atoms with E-state index >= 15 is 0 Å². The Kier molecular flexibility index (Phi) is 4.40. The molecule has 0 aromatic carbocycles. The van der Waals surface area contributed by atoms with Crippen LogP contribution in [0.3, 0.4) is 0 Å². The molecule has 2 rings (SSSR count). The second-order valence-corrected chi connectivity index (χ2v) is 5.45. The van der Waals surface area contributed by atoms with E-state index in [2.05, 4.69) is 17.1 Å². The summed E-state index contributed by atoms with van der Waals surface area (Å²) in [6.45, 7) is 5.37. The van der Waals surface area contributed by atoms with Crippen LogP contribution >= 0.6 is 0 Å². The predicted octanol–water partition coefficient (Wildman–Crippen LogP) is 0.714. The van der Waals surface area contributed by atoms with Crippen molar-refractivity contribution < 1.29 is 4.79 Å². The summed E-state index contributed by atoms with van der Waals surface area (Å²) in [5.74, 6) is 0.596. The molecule has 1 heterocycles. The molecule has 1 amide bonds. The van der Waals surface area contributed by atoms with Gasteiger partial charge in [0, 0.05) is 12.6 Å². The van der Waals surface area contributed by atoms with E-state index in [0.717, 1.165) is 32.0 Å². The summed E-state index contributed by atoms with van der Waals surface area (Å²) in [6, 6.07) is 0.583. The monoisotopic (exact) mass is 239 g/mol. The van der Waals surface area contributed by atoms with Crippen molar-refractivity contribution in [3.63, 3.8) is 0 Å². The van der Waals surface area contributed by atoms with E-state index < -0.39 is 0 Å². The lowest BCUT2D eigenvalue weighted by Gasteiger charge is -2.34. The summed E-state index contributed by atoms with van der Waals surface area (Å²) < 4.78 is 0. The minimum Gasteiger partial charge on any atom is -0.368 e. The highest BCUT2D eigenvalue weighted by Gasteiger charge is 2.36. The van der Waals surface area contributed by atoms with E-state index in [1.54, 1.807) is 0 Å². The highest BCUT2D eigenvalue weighted by molar-refractivity contribution is 5.79. The van der Waals surface area contributed by atoms with E-state index in [0.29, 0.717) is 6.04 Å². The fourth-order valence-corrected chi connectivity index (χ4v) is 2.90. The molecule has 1 saturated heterocycles. The first-order valence-electron chi connectivity index (χ1n) is 6.98. The Morgan fingerprint density at radius 3 is 2.47 bits per heavy atom. The van der Waals surface area contributed by atoms with E-state index in [-0.39, 0.29) is 11.9 Å². The molecular formula is C13H25N3O. The number of nitrogens with two attached hydrogens (primary N) is 1. The van der Waals surface area contributed by atoms with Crippen LogP contribution < -0.4 is 11.1 Å². The van der Waals surface area contributed by atoms with Gasteiger partial charge in [0.2, 0.25) is 5.91 Å². The van der Waals surface area contributed by atoms with Crippen LogP contribution in [0, 0.1) is 5.92 Å². The number of rotatable bonds is 6. The van der Waals surface area contributed by atoms with Gasteiger partial charge in [-0.15, -0.1) is 0 Å². The van der Waals surface area contributed by atoms with Crippen molar-refractivity contribution in [1.29, 1.82) is 0 Å². The molecule has 17 heavy (non-hydrogen) atoms. The molecular weight excluding hydrogens is 214 g/mol. The van der Waals surface area contributed by atoms with Gasteiger partial charge in [0.1, 0.15) is 0 Å². The number of primary amides is 1. The fraction of sp³-hybridized carbons (Fsp3) is 0.923. The molecule has 0 aromatic rings. The van der Waals surface area contributed by atoms with E-state index in [9.17, 15) is 4.79 Å². The number of hydrogen-bond acceptors (Lipinski definition) is 3. The minimum atomic E-state index is -0.145. The molecule has 0 aromatic heterocycles. The summed E-state index contributed by atoms with van der Waals surface area (Å²) >= 11 is 0. The van der Waals surface area contributed by atoms with Crippen LogP contribution in [0.2, 0.25) is 0 Å². The lowest BCUT2D eigenvalue weighted by Crippen LogP contribution is -2.48. The Balaban J connectivity index is 1.93. The van der Waals surface area contributed by atoms with Gasteiger partial charge in [-0.25, -0.2) is 0 Å². The van der Waals surface area contributed by atoms with Gasteiger partial charge in [-0.1, -0.05) is 6.92 Å². The van der Waals surface area contributed by atoms with Crippen LogP contribution in [0.5, 0.6) is 0 Å². The molecule has 1 atom stereocenters. The maximum Gasteiger partial charge on any atom is 0.234 e. The summed E-state index contributed by atoms with van der Waals surface area (Å²) in [4.78, 5) is 13.9. The number of nitrogens with one attached hydrogen (secondary N) is 1. The fourth-order valence-electron chi connectivity index (χ4n) is 2.90. The summed E-state index contributed by atoms with van der Waals surface area (Å²) in [5, 5.41) is 3.39. The standard InChI is InChI=1S/C13H25N3O/c1-2-12(13(14)17)16(11-3-4-11)9-10-5-7-15-8-6-10/h10-12,15H,2-9H2,1H3,(H2,14,17). The first-order chi connectivity index (χ1) is 8.22.